The molecule has 1 amide bonds. The maximum atomic E-state index is 13.0. The molecular formula is C15H15F3N4O2S. The van der Waals surface area contributed by atoms with Crippen molar-refractivity contribution in [3.63, 3.8) is 0 Å². The lowest BCUT2D eigenvalue weighted by Crippen LogP contribution is -2.25. The molecule has 0 unspecified atom stereocenters. The molecule has 1 fully saturated rings. The molecule has 1 aromatic heterocycles. The van der Waals surface area contributed by atoms with Crippen LogP contribution in [0.15, 0.2) is 34.2 Å². The smallest absolute Gasteiger partial charge is 0.325 e. The fourth-order valence-electron chi connectivity index (χ4n) is 2.31. The molecule has 1 aliphatic carbocycles. The minimum Gasteiger partial charge on any atom is -0.325 e. The highest BCUT2D eigenvalue weighted by molar-refractivity contribution is 8.00. The number of nitrogens with zero attached hydrogens (tertiary/aromatic N) is 2. The summed E-state index contributed by atoms with van der Waals surface area (Å²) in [4.78, 5) is 24.0. The van der Waals surface area contributed by atoms with E-state index in [-0.39, 0.29) is 17.4 Å². The summed E-state index contributed by atoms with van der Waals surface area (Å²) in [7, 11) is 0. The van der Waals surface area contributed by atoms with Gasteiger partial charge in [0.25, 0.3) is 0 Å². The highest BCUT2D eigenvalue weighted by Gasteiger charge is 2.34. The normalized spacial score (nSPS) is 15.8. The number of carbonyl (C=O) groups is 1. The topological polar surface area (TPSA) is 79.8 Å². The molecule has 2 N–H and O–H groups in total. The molecule has 25 heavy (non-hydrogen) atoms. The van der Waals surface area contributed by atoms with E-state index >= 15 is 0 Å². The van der Waals surface area contributed by atoms with Crippen molar-refractivity contribution in [3.05, 3.63) is 40.3 Å². The molecular weight excluding hydrogens is 357 g/mol. The predicted octanol–water partition coefficient (Wildman–Crippen LogP) is 3.04. The van der Waals surface area contributed by atoms with Crippen LogP contribution in [0.25, 0.3) is 0 Å². The number of rotatable bonds is 5. The Morgan fingerprint density at radius 3 is 2.72 bits per heavy atom. The first-order valence-corrected chi connectivity index (χ1v) is 8.46. The van der Waals surface area contributed by atoms with Crippen LogP contribution in [-0.4, -0.2) is 25.9 Å². The summed E-state index contributed by atoms with van der Waals surface area (Å²) in [6, 6.07) is 4.86. The van der Waals surface area contributed by atoms with Gasteiger partial charge < -0.3 is 5.32 Å². The first-order chi connectivity index (χ1) is 11.8. The molecule has 0 saturated heterocycles. The Bertz CT molecular complexity index is 842. The summed E-state index contributed by atoms with van der Waals surface area (Å²) in [5.74, 6) is -0.598. The summed E-state index contributed by atoms with van der Waals surface area (Å²) in [5, 5.41) is 8.17. The zero-order valence-corrected chi connectivity index (χ0v) is 13.9. The van der Waals surface area contributed by atoms with Crippen LogP contribution in [0.4, 0.5) is 18.9 Å². The summed E-state index contributed by atoms with van der Waals surface area (Å²) < 4.78 is 40.5. The Kier molecular flexibility index (Phi) is 4.63. The number of alkyl halides is 3. The molecule has 6 nitrogen and oxygen atoms in total. The fraction of sp³-hybridized carbons (Fsp3) is 0.400. The molecule has 0 radical (unpaired) electrons. The van der Waals surface area contributed by atoms with Crippen molar-refractivity contribution < 1.29 is 18.0 Å². The van der Waals surface area contributed by atoms with Gasteiger partial charge >= 0.3 is 11.9 Å². The molecule has 0 spiro atoms. The van der Waals surface area contributed by atoms with E-state index < -0.39 is 22.9 Å². The lowest BCUT2D eigenvalue weighted by atomic mass is 10.1. The Labute approximate surface area is 144 Å². The third-order valence-corrected chi connectivity index (χ3v) is 4.79. The van der Waals surface area contributed by atoms with Gasteiger partial charge in [-0.2, -0.15) is 13.2 Å². The SMILES string of the molecule is C[C@@H](Sc1n[nH]c(=O)n1C1CC1)C(=O)Nc1ccccc1C(F)(F)F. The number of nitrogens with one attached hydrogen (secondary N) is 2. The molecule has 1 aromatic carbocycles. The maximum Gasteiger partial charge on any atom is 0.418 e. The predicted molar refractivity (Wildman–Crippen MR) is 86.5 cm³/mol. The Morgan fingerprint density at radius 1 is 1.40 bits per heavy atom. The molecule has 1 saturated carbocycles. The van der Waals surface area contributed by atoms with Gasteiger partial charge in [0, 0.05) is 6.04 Å². The van der Waals surface area contributed by atoms with Gasteiger partial charge in [0.05, 0.1) is 16.5 Å². The molecule has 0 bridgehead atoms. The third kappa shape index (κ3) is 3.89. The summed E-state index contributed by atoms with van der Waals surface area (Å²) >= 11 is 1.03. The number of benzene rings is 1. The molecule has 3 rings (SSSR count). The van der Waals surface area contributed by atoms with Crippen LogP contribution in [-0.2, 0) is 11.0 Å². The largest absolute Gasteiger partial charge is 0.418 e. The standard InChI is InChI=1S/C15H15F3N4O2S/c1-8(25-14-21-20-13(24)22(14)9-6-7-9)12(23)19-11-5-3-2-4-10(11)15(16,17)18/h2-5,8-9H,6-7H2,1H3,(H,19,23)(H,20,24)/t8-/m1/s1. The van der Waals surface area contributed by atoms with E-state index in [0.717, 1.165) is 30.7 Å². The van der Waals surface area contributed by atoms with Crippen LogP contribution in [0.3, 0.4) is 0 Å². The lowest BCUT2D eigenvalue weighted by molar-refractivity contribution is -0.137. The van der Waals surface area contributed by atoms with Crippen molar-refractivity contribution in [1.82, 2.24) is 14.8 Å². The van der Waals surface area contributed by atoms with Crippen molar-refractivity contribution in [3.8, 4) is 0 Å². The van der Waals surface area contributed by atoms with E-state index in [0.29, 0.717) is 5.16 Å². The molecule has 2 aromatic rings. The van der Waals surface area contributed by atoms with Crippen molar-refractivity contribution in [2.45, 2.75) is 42.4 Å². The fourth-order valence-corrected chi connectivity index (χ4v) is 3.24. The molecule has 0 aliphatic heterocycles. The van der Waals surface area contributed by atoms with Crippen molar-refractivity contribution >= 4 is 23.4 Å². The third-order valence-electron chi connectivity index (χ3n) is 3.73. The quantitative estimate of drug-likeness (QED) is 0.791. The van der Waals surface area contributed by atoms with E-state index in [9.17, 15) is 22.8 Å². The average molecular weight is 372 g/mol. The van der Waals surface area contributed by atoms with Gasteiger partial charge in [-0.15, -0.1) is 5.10 Å². The number of hydrogen-bond acceptors (Lipinski definition) is 4. The molecule has 1 atom stereocenters. The number of amides is 1. The number of aromatic amines is 1. The number of anilines is 1. The lowest BCUT2D eigenvalue weighted by Gasteiger charge is -2.16. The second-order valence-electron chi connectivity index (χ2n) is 5.71. The number of hydrogen-bond donors (Lipinski definition) is 2. The molecule has 1 aliphatic rings. The number of para-hydroxylation sites is 1. The van der Waals surface area contributed by atoms with E-state index in [1.165, 1.54) is 22.8 Å². The van der Waals surface area contributed by atoms with Gasteiger partial charge in [0.2, 0.25) is 5.91 Å². The summed E-state index contributed by atoms with van der Waals surface area (Å²) in [6.45, 7) is 1.55. The van der Waals surface area contributed by atoms with Gasteiger partial charge in [-0.3, -0.25) is 9.36 Å². The van der Waals surface area contributed by atoms with Crippen LogP contribution < -0.4 is 11.0 Å². The number of halogens is 3. The van der Waals surface area contributed by atoms with Crippen molar-refractivity contribution in [2.75, 3.05) is 5.32 Å². The monoisotopic (exact) mass is 372 g/mol. The van der Waals surface area contributed by atoms with Gasteiger partial charge in [0.15, 0.2) is 5.16 Å². The van der Waals surface area contributed by atoms with Crippen LogP contribution in [0.1, 0.15) is 31.4 Å². The van der Waals surface area contributed by atoms with E-state index in [1.54, 1.807) is 6.92 Å². The zero-order chi connectivity index (χ0) is 18.2. The van der Waals surface area contributed by atoms with Gasteiger partial charge in [-0.1, -0.05) is 23.9 Å². The molecule has 10 heteroatoms. The second-order valence-corrected chi connectivity index (χ2v) is 7.01. The van der Waals surface area contributed by atoms with E-state index in [2.05, 4.69) is 15.5 Å². The maximum absolute atomic E-state index is 13.0. The summed E-state index contributed by atoms with van der Waals surface area (Å²) in [6.07, 6.45) is -2.83. The van der Waals surface area contributed by atoms with Crippen molar-refractivity contribution in [1.29, 1.82) is 0 Å². The van der Waals surface area contributed by atoms with Gasteiger partial charge in [-0.05, 0) is 31.9 Å². The Morgan fingerprint density at radius 2 is 2.08 bits per heavy atom. The van der Waals surface area contributed by atoms with Crippen LogP contribution >= 0.6 is 11.8 Å². The Balaban J connectivity index is 1.73. The molecule has 134 valence electrons. The zero-order valence-electron chi connectivity index (χ0n) is 13.1. The first kappa shape index (κ1) is 17.6. The number of thioether (sulfide) groups is 1. The highest BCUT2D eigenvalue weighted by Crippen LogP contribution is 2.37. The average Bonchev–Trinajstić information content (AvgIpc) is 3.31. The van der Waals surface area contributed by atoms with Gasteiger partial charge in [0.1, 0.15) is 0 Å². The second kappa shape index (κ2) is 6.58. The highest BCUT2D eigenvalue weighted by atomic mass is 32.2. The van der Waals surface area contributed by atoms with E-state index in [4.69, 9.17) is 0 Å². The van der Waals surface area contributed by atoms with Gasteiger partial charge in [-0.25, -0.2) is 9.89 Å². The number of aromatic nitrogens is 3. The number of H-pyrrole nitrogens is 1. The Hall–Kier alpha value is -2.23. The van der Waals surface area contributed by atoms with Crippen LogP contribution in [0, 0.1) is 0 Å². The first-order valence-electron chi connectivity index (χ1n) is 7.58. The van der Waals surface area contributed by atoms with Crippen molar-refractivity contribution in [2.24, 2.45) is 0 Å². The number of carbonyl (C=O) groups excluding carboxylic acids is 1. The van der Waals surface area contributed by atoms with E-state index in [1.807, 2.05) is 0 Å². The molecule has 1 heterocycles. The van der Waals surface area contributed by atoms with Crippen LogP contribution in [0.2, 0.25) is 0 Å². The van der Waals surface area contributed by atoms with Crippen LogP contribution in [0.5, 0.6) is 0 Å². The minimum atomic E-state index is -4.56. The summed E-state index contributed by atoms with van der Waals surface area (Å²) in [5.41, 5.74) is -1.55. The minimum absolute atomic E-state index is 0.0787.